The van der Waals surface area contributed by atoms with Gasteiger partial charge in [0.05, 0.1) is 13.2 Å². The fraction of sp³-hybridized carbons (Fsp3) is 0.400. The molecule has 2 aromatic rings. The molecule has 6 heteroatoms. The average Bonchev–Trinajstić information content (AvgIpc) is 2.78. The maximum Gasteiger partial charge on any atom is 0.372 e. The Morgan fingerprint density at radius 2 is 2.10 bits per heavy atom. The molecule has 0 aliphatic carbocycles. The predicted molar refractivity (Wildman–Crippen MR) is 79.0 cm³/mol. The quantitative estimate of drug-likeness (QED) is 0.944. The Morgan fingerprint density at radius 1 is 1.38 bits per heavy atom. The molecule has 1 aromatic heterocycles. The van der Waals surface area contributed by atoms with Crippen molar-refractivity contribution in [3.8, 4) is 0 Å². The number of carbonyl (C=O) groups is 1. The van der Waals surface area contributed by atoms with Gasteiger partial charge >= 0.3 is 5.97 Å². The Kier molecular flexibility index (Phi) is 3.89. The molecule has 5 nitrogen and oxygen atoms in total. The number of hydrogen-bond acceptors (Lipinski definition) is 4. The fourth-order valence-corrected chi connectivity index (χ4v) is 2.91. The molecule has 0 unspecified atom stereocenters. The Hall–Kier alpha value is -1.56. The number of furan rings is 1. The molecule has 3 rings (SSSR count). The third-order valence-corrected chi connectivity index (χ3v) is 3.99. The normalized spacial score (nSPS) is 16.5. The lowest BCUT2D eigenvalue weighted by Gasteiger charge is -2.26. The van der Waals surface area contributed by atoms with E-state index in [1.807, 2.05) is 6.07 Å². The summed E-state index contributed by atoms with van der Waals surface area (Å²) in [6, 6.07) is 3.60. The first-order chi connectivity index (χ1) is 10.1. The molecule has 0 atom stereocenters. The van der Waals surface area contributed by atoms with Crippen molar-refractivity contribution in [2.45, 2.75) is 13.5 Å². The third kappa shape index (κ3) is 2.77. The van der Waals surface area contributed by atoms with E-state index in [1.54, 1.807) is 13.0 Å². The standard InChI is InChI=1S/C15H16ClNO4/c1-9-12-7-11(16)6-10(8-17-2-4-20-5-3-17)14(12)21-13(9)15(18)19/h6-7H,2-5,8H2,1H3,(H,18,19). The van der Waals surface area contributed by atoms with E-state index in [1.165, 1.54) is 0 Å². The number of rotatable bonds is 3. The molecule has 21 heavy (non-hydrogen) atoms. The molecule has 2 heterocycles. The van der Waals surface area contributed by atoms with Crippen molar-refractivity contribution in [3.05, 3.63) is 34.0 Å². The third-order valence-electron chi connectivity index (χ3n) is 3.77. The van der Waals surface area contributed by atoms with Crippen LogP contribution in [0.15, 0.2) is 16.5 Å². The van der Waals surface area contributed by atoms with Gasteiger partial charge in [0.25, 0.3) is 0 Å². The van der Waals surface area contributed by atoms with E-state index in [0.29, 0.717) is 35.9 Å². The lowest BCUT2D eigenvalue weighted by Crippen LogP contribution is -2.35. The van der Waals surface area contributed by atoms with E-state index in [2.05, 4.69) is 4.90 Å². The van der Waals surface area contributed by atoms with Crippen molar-refractivity contribution in [2.75, 3.05) is 26.3 Å². The summed E-state index contributed by atoms with van der Waals surface area (Å²) in [7, 11) is 0. The van der Waals surface area contributed by atoms with Gasteiger partial charge in [0.15, 0.2) is 0 Å². The van der Waals surface area contributed by atoms with Crippen LogP contribution in [0.4, 0.5) is 0 Å². The van der Waals surface area contributed by atoms with Gasteiger partial charge in [-0.2, -0.15) is 0 Å². The monoisotopic (exact) mass is 309 g/mol. The highest BCUT2D eigenvalue weighted by atomic mass is 35.5. The maximum absolute atomic E-state index is 11.2. The summed E-state index contributed by atoms with van der Waals surface area (Å²) < 4.78 is 10.9. The van der Waals surface area contributed by atoms with Crippen molar-refractivity contribution in [3.63, 3.8) is 0 Å². The van der Waals surface area contributed by atoms with Gasteiger partial charge in [-0.3, -0.25) is 4.90 Å². The lowest BCUT2D eigenvalue weighted by atomic mass is 10.1. The molecule has 1 saturated heterocycles. The van der Waals surface area contributed by atoms with Gasteiger partial charge < -0.3 is 14.3 Å². The van der Waals surface area contributed by atoms with E-state index in [-0.39, 0.29) is 5.76 Å². The smallest absolute Gasteiger partial charge is 0.372 e. The van der Waals surface area contributed by atoms with Crippen molar-refractivity contribution in [1.29, 1.82) is 0 Å². The summed E-state index contributed by atoms with van der Waals surface area (Å²) in [5.41, 5.74) is 2.14. The number of aromatic carboxylic acids is 1. The number of carboxylic acids is 1. The number of benzene rings is 1. The number of fused-ring (bicyclic) bond motifs is 1. The Labute approximate surface area is 127 Å². The number of hydrogen-bond donors (Lipinski definition) is 1. The number of morpholine rings is 1. The maximum atomic E-state index is 11.2. The van der Waals surface area contributed by atoms with Crippen LogP contribution in [-0.2, 0) is 11.3 Å². The first kappa shape index (κ1) is 14.4. The van der Waals surface area contributed by atoms with Crippen molar-refractivity contribution < 1.29 is 19.1 Å². The molecule has 1 aliphatic heterocycles. The Balaban J connectivity index is 2.04. The van der Waals surface area contributed by atoms with Crippen LogP contribution in [0.3, 0.4) is 0 Å². The topological polar surface area (TPSA) is 62.9 Å². The van der Waals surface area contributed by atoms with Crippen LogP contribution < -0.4 is 0 Å². The highest BCUT2D eigenvalue weighted by molar-refractivity contribution is 6.31. The van der Waals surface area contributed by atoms with E-state index in [9.17, 15) is 9.90 Å². The molecule has 0 radical (unpaired) electrons. The summed E-state index contributed by atoms with van der Waals surface area (Å²) in [6.07, 6.45) is 0. The van der Waals surface area contributed by atoms with E-state index in [0.717, 1.165) is 24.0 Å². The largest absolute Gasteiger partial charge is 0.475 e. The zero-order chi connectivity index (χ0) is 15.0. The molecular weight excluding hydrogens is 294 g/mol. The molecule has 1 N–H and O–H groups in total. The first-order valence-corrected chi connectivity index (χ1v) is 7.19. The molecule has 0 spiro atoms. The first-order valence-electron chi connectivity index (χ1n) is 6.81. The molecule has 1 aliphatic rings. The minimum absolute atomic E-state index is 0.0181. The second-order valence-electron chi connectivity index (χ2n) is 5.19. The molecule has 0 bridgehead atoms. The minimum Gasteiger partial charge on any atom is -0.475 e. The van der Waals surface area contributed by atoms with E-state index < -0.39 is 5.97 Å². The molecular formula is C15H16ClNO4. The van der Waals surface area contributed by atoms with E-state index >= 15 is 0 Å². The van der Waals surface area contributed by atoms with Gasteiger partial charge in [0.2, 0.25) is 5.76 Å². The molecule has 1 aromatic carbocycles. The van der Waals surface area contributed by atoms with E-state index in [4.69, 9.17) is 20.8 Å². The van der Waals surface area contributed by atoms with Crippen LogP contribution in [0.5, 0.6) is 0 Å². The molecule has 0 saturated carbocycles. The molecule has 112 valence electrons. The second kappa shape index (κ2) is 5.67. The van der Waals surface area contributed by atoms with Gasteiger partial charge in [0.1, 0.15) is 5.58 Å². The number of halogens is 1. The zero-order valence-electron chi connectivity index (χ0n) is 11.7. The summed E-state index contributed by atoms with van der Waals surface area (Å²) >= 11 is 6.17. The summed E-state index contributed by atoms with van der Waals surface area (Å²) in [5.74, 6) is -1.08. The fourth-order valence-electron chi connectivity index (χ4n) is 2.67. The predicted octanol–water partition coefficient (Wildman–Crippen LogP) is 2.93. The van der Waals surface area contributed by atoms with Crippen molar-refractivity contribution >= 4 is 28.5 Å². The van der Waals surface area contributed by atoms with Crippen LogP contribution in [0.1, 0.15) is 21.7 Å². The van der Waals surface area contributed by atoms with Crippen molar-refractivity contribution in [1.82, 2.24) is 4.90 Å². The molecule has 0 amide bonds. The van der Waals surface area contributed by atoms with Gasteiger partial charge in [-0.15, -0.1) is 0 Å². The summed E-state index contributed by atoms with van der Waals surface area (Å²) in [4.78, 5) is 13.5. The highest BCUT2D eigenvalue weighted by Crippen LogP contribution is 2.32. The SMILES string of the molecule is Cc1c(C(=O)O)oc2c(CN3CCOCC3)cc(Cl)cc12. The van der Waals surface area contributed by atoms with Gasteiger partial charge in [0, 0.05) is 41.2 Å². The average molecular weight is 310 g/mol. The number of aryl methyl sites for hydroxylation is 1. The van der Waals surface area contributed by atoms with Gasteiger partial charge in [-0.25, -0.2) is 4.79 Å². The number of nitrogens with zero attached hydrogens (tertiary/aromatic N) is 1. The summed E-state index contributed by atoms with van der Waals surface area (Å²) in [5, 5.41) is 10.6. The lowest BCUT2D eigenvalue weighted by molar-refractivity contribution is 0.0342. The van der Waals surface area contributed by atoms with Crippen LogP contribution in [0.2, 0.25) is 5.02 Å². The van der Waals surface area contributed by atoms with Crippen LogP contribution in [0, 0.1) is 6.92 Å². The zero-order valence-corrected chi connectivity index (χ0v) is 12.4. The Bertz CT molecular complexity index is 689. The van der Waals surface area contributed by atoms with Crippen LogP contribution in [-0.4, -0.2) is 42.3 Å². The number of carboxylic acid groups (broad SMARTS) is 1. The van der Waals surface area contributed by atoms with Gasteiger partial charge in [-0.05, 0) is 19.1 Å². The van der Waals surface area contributed by atoms with Crippen molar-refractivity contribution in [2.24, 2.45) is 0 Å². The molecule has 1 fully saturated rings. The van der Waals surface area contributed by atoms with Gasteiger partial charge in [-0.1, -0.05) is 11.6 Å². The van der Waals surface area contributed by atoms with Crippen LogP contribution in [0.25, 0.3) is 11.0 Å². The minimum atomic E-state index is -1.06. The highest BCUT2D eigenvalue weighted by Gasteiger charge is 2.21. The summed E-state index contributed by atoms with van der Waals surface area (Å²) in [6.45, 7) is 5.53. The number of ether oxygens (including phenoxy) is 1. The second-order valence-corrected chi connectivity index (χ2v) is 5.63. The van der Waals surface area contributed by atoms with Crippen LogP contribution >= 0.6 is 11.6 Å². The Morgan fingerprint density at radius 3 is 2.76 bits per heavy atom.